The molecule has 1 aromatic carbocycles. The number of amides is 2. The SMILES string of the molecule is CC[C@@H](C)[C@@H](NC(=O)CNC(=O)COc1ccc2c3c(c(=O)oc2c1)CCCC3)C(=O)O. The Kier molecular flexibility index (Phi) is 7.50. The number of carbonyl (C=O) groups excluding carboxylic acids is 2. The number of carbonyl (C=O) groups is 3. The lowest BCUT2D eigenvalue weighted by molar-refractivity contribution is -0.143. The Balaban J connectivity index is 1.55. The third-order valence-electron chi connectivity index (χ3n) is 5.81. The number of hydrogen-bond donors (Lipinski definition) is 3. The van der Waals surface area contributed by atoms with Gasteiger partial charge in [-0.1, -0.05) is 20.3 Å². The van der Waals surface area contributed by atoms with Crippen molar-refractivity contribution in [2.24, 2.45) is 5.92 Å². The number of ether oxygens (including phenoxy) is 1. The Morgan fingerprint density at radius 3 is 2.56 bits per heavy atom. The lowest BCUT2D eigenvalue weighted by atomic mass is 9.91. The van der Waals surface area contributed by atoms with Crippen molar-refractivity contribution in [1.29, 1.82) is 0 Å². The first kappa shape index (κ1) is 23.3. The number of rotatable bonds is 9. The average molecular weight is 444 g/mol. The van der Waals surface area contributed by atoms with Crippen LogP contribution in [0.2, 0.25) is 0 Å². The van der Waals surface area contributed by atoms with E-state index in [0.717, 1.165) is 42.2 Å². The molecule has 0 fully saturated rings. The molecule has 1 aromatic heterocycles. The molecule has 0 saturated heterocycles. The van der Waals surface area contributed by atoms with Crippen molar-refractivity contribution in [3.63, 3.8) is 0 Å². The Labute approximate surface area is 185 Å². The van der Waals surface area contributed by atoms with Gasteiger partial charge in [0.25, 0.3) is 5.91 Å². The van der Waals surface area contributed by atoms with Crippen molar-refractivity contribution in [3.8, 4) is 5.75 Å². The maximum absolute atomic E-state index is 12.2. The van der Waals surface area contributed by atoms with Crippen LogP contribution in [-0.4, -0.2) is 42.1 Å². The molecule has 1 aliphatic rings. The summed E-state index contributed by atoms with van der Waals surface area (Å²) in [4.78, 5) is 47.5. The van der Waals surface area contributed by atoms with Gasteiger partial charge in [-0.15, -0.1) is 0 Å². The zero-order valence-corrected chi connectivity index (χ0v) is 18.2. The maximum Gasteiger partial charge on any atom is 0.339 e. The first-order chi connectivity index (χ1) is 15.3. The van der Waals surface area contributed by atoms with Crippen molar-refractivity contribution in [1.82, 2.24) is 10.6 Å². The minimum absolute atomic E-state index is 0.242. The van der Waals surface area contributed by atoms with E-state index in [1.165, 1.54) is 0 Å². The molecule has 3 rings (SSSR count). The summed E-state index contributed by atoms with van der Waals surface area (Å²) in [6, 6.07) is 4.10. The van der Waals surface area contributed by atoms with Crippen LogP contribution in [0.3, 0.4) is 0 Å². The number of nitrogens with one attached hydrogen (secondary N) is 2. The topological polar surface area (TPSA) is 135 Å². The zero-order valence-electron chi connectivity index (χ0n) is 18.2. The van der Waals surface area contributed by atoms with E-state index in [4.69, 9.17) is 9.15 Å². The lowest BCUT2D eigenvalue weighted by Gasteiger charge is -2.20. The number of fused-ring (bicyclic) bond motifs is 3. The monoisotopic (exact) mass is 444 g/mol. The van der Waals surface area contributed by atoms with Gasteiger partial charge in [-0.05, 0) is 49.3 Å². The summed E-state index contributed by atoms with van der Waals surface area (Å²) in [7, 11) is 0. The molecule has 0 radical (unpaired) electrons. The van der Waals surface area contributed by atoms with Gasteiger partial charge in [0.15, 0.2) is 6.61 Å². The second-order valence-electron chi connectivity index (χ2n) is 8.05. The highest BCUT2D eigenvalue weighted by Gasteiger charge is 2.25. The van der Waals surface area contributed by atoms with E-state index in [0.29, 0.717) is 17.8 Å². The van der Waals surface area contributed by atoms with E-state index in [1.54, 1.807) is 19.1 Å². The molecule has 0 bridgehead atoms. The number of aliphatic carboxylic acids is 1. The number of hydrogen-bond acceptors (Lipinski definition) is 6. The molecular weight excluding hydrogens is 416 g/mol. The summed E-state index contributed by atoms with van der Waals surface area (Å²) >= 11 is 0. The fourth-order valence-electron chi connectivity index (χ4n) is 3.80. The average Bonchev–Trinajstić information content (AvgIpc) is 2.79. The quantitative estimate of drug-likeness (QED) is 0.502. The smallest absolute Gasteiger partial charge is 0.339 e. The van der Waals surface area contributed by atoms with Crippen LogP contribution in [0.4, 0.5) is 0 Å². The van der Waals surface area contributed by atoms with Gasteiger partial charge < -0.3 is 24.9 Å². The summed E-state index contributed by atoms with van der Waals surface area (Å²) in [5.74, 6) is -2.13. The van der Waals surface area contributed by atoms with Gasteiger partial charge in [-0.25, -0.2) is 9.59 Å². The minimum Gasteiger partial charge on any atom is -0.484 e. The molecule has 3 N–H and O–H groups in total. The van der Waals surface area contributed by atoms with Crippen molar-refractivity contribution in [2.75, 3.05) is 13.2 Å². The van der Waals surface area contributed by atoms with Crippen LogP contribution in [0.25, 0.3) is 11.0 Å². The molecule has 2 amide bonds. The Bertz CT molecular complexity index is 1080. The van der Waals surface area contributed by atoms with Gasteiger partial charge in [0.05, 0.1) is 6.54 Å². The number of aryl methyl sites for hydroxylation is 1. The molecule has 0 aliphatic heterocycles. The van der Waals surface area contributed by atoms with Gasteiger partial charge >= 0.3 is 11.6 Å². The molecule has 0 spiro atoms. The fourth-order valence-corrected chi connectivity index (χ4v) is 3.80. The number of carboxylic acids is 1. The molecule has 0 saturated carbocycles. The van der Waals surface area contributed by atoms with E-state index < -0.39 is 23.8 Å². The number of benzene rings is 1. The molecule has 1 heterocycles. The van der Waals surface area contributed by atoms with E-state index in [9.17, 15) is 24.3 Å². The standard InChI is InChI=1S/C23H28N2O7/c1-3-13(2)21(22(28)29)25-19(26)11-24-20(27)12-31-14-8-9-16-15-6-4-5-7-17(15)23(30)32-18(16)10-14/h8-10,13,21H,3-7,11-12H2,1-2H3,(H,24,27)(H,25,26)(H,28,29)/t13-,21-/m1/s1. The van der Waals surface area contributed by atoms with Gasteiger partial charge in [-0.2, -0.15) is 0 Å². The van der Waals surface area contributed by atoms with Crippen LogP contribution in [0.15, 0.2) is 27.4 Å². The number of carboxylic acid groups (broad SMARTS) is 1. The molecule has 0 unspecified atom stereocenters. The fraction of sp³-hybridized carbons (Fsp3) is 0.478. The van der Waals surface area contributed by atoms with Crippen molar-refractivity contribution >= 4 is 28.8 Å². The normalized spacial score (nSPS) is 14.8. The predicted octanol–water partition coefficient (Wildman–Crippen LogP) is 1.78. The highest BCUT2D eigenvalue weighted by molar-refractivity contribution is 5.88. The first-order valence-electron chi connectivity index (χ1n) is 10.8. The first-order valence-corrected chi connectivity index (χ1v) is 10.8. The van der Waals surface area contributed by atoms with Crippen LogP contribution < -0.4 is 21.0 Å². The highest BCUT2D eigenvalue weighted by atomic mass is 16.5. The summed E-state index contributed by atoms with van der Waals surface area (Å²) in [6.45, 7) is 2.86. The molecule has 1 aliphatic carbocycles. The second kappa shape index (κ2) is 10.3. The molecule has 2 atom stereocenters. The molecular formula is C23H28N2O7. The molecule has 2 aromatic rings. The molecule has 32 heavy (non-hydrogen) atoms. The molecule has 9 heteroatoms. The van der Waals surface area contributed by atoms with Gasteiger partial charge in [-0.3, -0.25) is 9.59 Å². The minimum atomic E-state index is -1.12. The second-order valence-corrected chi connectivity index (χ2v) is 8.05. The van der Waals surface area contributed by atoms with Crippen molar-refractivity contribution in [2.45, 2.75) is 52.0 Å². The Morgan fingerprint density at radius 1 is 1.16 bits per heavy atom. The van der Waals surface area contributed by atoms with Crippen molar-refractivity contribution in [3.05, 3.63) is 39.7 Å². The van der Waals surface area contributed by atoms with Crippen LogP contribution >= 0.6 is 0 Å². The van der Waals surface area contributed by atoms with Crippen LogP contribution in [-0.2, 0) is 27.2 Å². The van der Waals surface area contributed by atoms with Crippen LogP contribution in [0.1, 0.15) is 44.2 Å². The van der Waals surface area contributed by atoms with Crippen LogP contribution in [0, 0.1) is 5.92 Å². The summed E-state index contributed by atoms with van der Waals surface area (Å²) in [5.41, 5.74) is 1.85. The summed E-state index contributed by atoms with van der Waals surface area (Å²) < 4.78 is 10.9. The molecule has 9 nitrogen and oxygen atoms in total. The zero-order chi connectivity index (χ0) is 23.3. The van der Waals surface area contributed by atoms with E-state index in [-0.39, 0.29) is 24.7 Å². The third-order valence-corrected chi connectivity index (χ3v) is 5.81. The van der Waals surface area contributed by atoms with Gasteiger partial charge in [0.2, 0.25) is 5.91 Å². The summed E-state index contributed by atoms with van der Waals surface area (Å²) in [6.07, 6.45) is 4.16. The van der Waals surface area contributed by atoms with Gasteiger partial charge in [0, 0.05) is 17.0 Å². The largest absolute Gasteiger partial charge is 0.484 e. The lowest BCUT2D eigenvalue weighted by Crippen LogP contribution is -2.48. The highest BCUT2D eigenvalue weighted by Crippen LogP contribution is 2.29. The Hall–Kier alpha value is -3.36. The van der Waals surface area contributed by atoms with Gasteiger partial charge in [0.1, 0.15) is 17.4 Å². The van der Waals surface area contributed by atoms with E-state index >= 15 is 0 Å². The summed E-state index contributed by atoms with van der Waals surface area (Å²) in [5, 5.41) is 14.9. The van der Waals surface area contributed by atoms with E-state index in [2.05, 4.69) is 10.6 Å². The third kappa shape index (κ3) is 5.46. The van der Waals surface area contributed by atoms with Crippen molar-refractivity contribution < 1.29 is 28.6 Å². The maximum atomic E-state index is 12.2. The molecule has 172 valence electrons. The predicted molar refractivity (Wildman–Crippen MR) is 117 cm³/mol. The van der Waals surface area contributed by atoms with E-state index in [1.807, 2.05) is 13.0 Å². The Morgan fingerprint density at radius 2 is 1.88 bits per heavy atom. The van der Waals surface area contributed by atoms with Crippen LogP contribution in [0.5, 0.6) is 5.75 Å².